The van der Waals surface area contributed by atoms with E-state index in [2.05, 4.69) is 30.9 Å². The Labute approximate surface area is 88.9 Å². The van der Waals surface area contributed by atoms with Crippen molar-refractivity contribution < 1.29 is 4.74 Å². The van der Waals surface area contributed by atoms with Crippen molar-refractivity contribution in [2.75, 3.05) is 7.11 Å². The molecule has 0 aliphatic heterocycles. The first-order valence-electron chi connectivity index (χ1n) is 4.91. The molecule has 2 heterocycles. The first-order valence-corrected chi connectivity index (χ1v) is 4.91. The van der Waals surface area contributed by atoms with E-state index in [1.807, 2.05) is 10.7 Å². The molecule has 0 unspecified atom stereocenters. The van der Waals surface area contributed by atoms with Crippen LogP contribution in [0.4, 0.5) is 0 Å². The molecule has 2 rings (SSSR count). The van der Waals surface area contributed by atoms with Gasteiger partial charge in [-0.3, -0.25) is 4.68 Å². The number of hydrogen-bond acceptors (Lipinski definition) is 3. The topological polar surface area (TPSA) is 39.9 Å². The molecular weight excluding hydrogens is 190 g/mol. The molecule has 0 spiro atoms. The molecule has 4 nitrogen and oxygen atoms in total. The minimum atomic E-state index is -0.0336. The number of nitrogens with zero attached hydrogens (tertiary/aromatic N) is 3. The number of fused-ring (bicyclic) bond motifs is 1. The summed E-state index contributed by atoms with van der Waals surface area (Å²) in [5.74, 6) is 0.628. The standard InChI is InChI=1S/C11H15N3O/c1-11(2,3)14-9-5-6-12-10(15-4)8(9)7-13-14/h5-7H,1-4H3. The van der Waals surface area contributed by atoms with Gasteiger partial charge < -0.3 is 4.74 Å². The summed E-state index contributed by atoms with van der Waals surface area (Å²) in [6.45, 7) is 6.35. The summed E-state index contributed by atoms with van der Waals surface area (Å²) in [5, 5.41) is 5.33. The maximum absolute atomic E-state index is 5.19. The third-order valence-corrected chi connectivity index (χ3v) is 2.29. The first-order chi connectivity index (χ1) is 7.04. The summed E-state index contributed by atoms with van der Waals surface area (Å²) in [6.07, 6.45) is 3.54. The lowest BCUT2D eigenvalue weighted by Crippen LogP contribution is -2.22. The van der Waals surface area contributed by atoms with Crippen LogP contribution in [-0.4, -0.2) is 21.9 Å². The number of methoxy groups -OCH3 is 1. The summed E-state index contributed by atoms with van der Waals surface area (Å²) >= 11 is 0. The molecule has 0 saturated heterocycles. The molecule has 0 saturated carbocycles. The second-order valence-electron chi connectivity index (χ2n) is 4.48. The highest BCUT2D eigenvalue weighted by Crippen LogP contribution is 2.26. The number of rotatable bonds is 1. The number of hydrogen-bond donors (Lipinski definition) is 0. The zero-order valence-electron chi connectivity index (χ0n) is 9.48. The molecule has 0 bridgehead atoms. The molecule has 0 aliphatic carbocycles. The van der Waals surface area contributed by atoms with Crippen molar-refractivity contribution in [2.24, 2.45) is 0 Å². The van der Waals surface area contributed by atoms with Gasteiger partial charge in [-0.05, 0) is 26.8 Å². The smallest absolute Gasteiger partial charge is 0.224 e. The van der Waals surface area contributed by atoms with E-state index < -0.39 is 0 Å². The minimum Gasteiger partial charge on any atom is -0.480 e. The Kier molecular flexibility index (Phi) is 2.14. The van der Waals surface area contributed by atoms with Gasteiger partial charge in [0.1, 0.15) is 0 Å². The van der Waals surface area contributed by atoms with Crippen LogP contribution in [0.2, 0.25) is 0 Å². The van der Waals surface area contributed by atoms with Gasteiger partial charge in [-0.2, -0.15) is 5.10 Å². The van der Waals surface area contributed by atoms with Gasteiger partial charge in [-0.1, -0.05) is 0 Å². The van der Waals surface area contributed by atoms with Crippen LogP contribution in [0.15, 0.2) is 18.5 Å². The fourth-order valence-electron chi connectivity index (χ4n) is 1.63. The van der Waals surface area contributed by atoms with Crippen molar-refractivity contribution in [2.45, 2.75) is 26.3 Å². The van der Waals surface area contributed by atoms with Gasteiger partial charge >= 0.3 is 0 Å². The summed E-state index contributed by atoms with van der Waals surface area (Å²) < 4.78 is 7.17. The van der Waals surface area contributed by atoms with Gasteiger partial charge in [0.05, 0.1) is 29.7 Å². The van der Waals surface area contributed by atoms with Crippen molar-refractivity contribution in [3.05, 3.63) is 18.5 Å². The molecule has 0 amide bonds. The Morgan fingerprint density at radius 3 is 2.67 bits per heavy atom. The summed E-state index contributed by atoms with van der Waals surface area (Å²) in [5.41, 5.74) is 1.02. The zero-order valence-corrected chi connectivity index (χ0v) is 9.48. The second-order valence-corrected chi connectivity index (χ2v) is 4.48. The van der Waals surface area contributed by atoms with Crippen molar-refractivity contribution >= 4 is 10.9 Å². The number of pyridine rings is 1. The lowest BCUT2D eigenvalue weighted by atomic mass is 10.1. The van der Waals surface area contributed by atoms with Gasteiger partial charge in [-0.25, -0.2) is 4.98 Å². The molecule has 0 aliphatic rings. The Morgan fingerprint density at radius 1 is 1.33 bits per heavy atom. The Hall–Kier alpha value is -1.58. The van der Waals surface area contributed by atoms with E-state index >= 15 is 0 Å². The van der Waals surface area contributed by atoms with Crippen molar-refractivity contribution in [3.8, 4) is 5.88 Å². The van der Waals surface area contributed by atoms with E-state index in [-0.39, 0.29) is 5.54 Å². The van der Waals surface area contributed by atoms with Gasteiger partial charge in [0.25, 0.3) is 0 Å². The molecule has 2 aromatic rings. The molecule has 2 aromatic heterocycles. The molecular formula is C11H15N3O. The number of aromatic nitrogens is 3. The third kappa shape index (κ3) is 1.56. The molecule has 0 atom stereocenters. The maximum atomic E-state index is 5.19. The molecule has 0 fully saturated rings. The van der Waals surface area contributed by atoms with Crippen LogP contribution in [0, 0.1) is 0 Å². The minimum absolute atomic E-state index is 0.0336. The highest BCUT2D eigenvalue weighted by Gasteiger charge is 2.18. The largest absolute Gasteiger partial charge is 0.480 e. The van der Waals surface area contributed by atoms with Gasteiger partial charge in [0.15, 0.2) is 0 Å². The molecule has 15 heavy (non-hydrogen) atoms. The van der Waals surface area contributed by atoms with Crippen molar-refractivity contribution in [1.82, 2.24) is 14.8 Å². The fourth-order valence-corrected chi connectivity index (χ4v) is 1.63. The van der Waals surface area contributed by atoms with E-state index in [0.717, 1.165) is 10.9 Å². The van der Waals surface area contributed by atoms with Crippen LogP contribution in [0.25, 0.3) is 10.9 Å². The van der Waals surface area contributed by atoms with Crippen LogP contribution >= 0.6 is 0 Å². The van der Waals surface area contributed by atoms with Crippen molar-refractivity contribution in [3.63, 3.8) is 0 Å². The quantitative estimate of drug-likeness (QED) is 0.716. The van der Waals surface area contributed by atoms with E-state index in [1.165, 1.54) is 0 Å². The van der Waals surface area contributed by atoms with Crippen LogP contribution in [-0.2, 0) is 5.54 Å². The lowest BCUT2D eigenvalue weighted by Gasteiger charge is -2.20. The highest BCUT2D eigenvalue weighted by atomic mass is 16.5. The van der Waals surface area contributed by atoms with Crippen LogP contribution in [0.5, 0.6) is 5.88 Å². The van der Waals surface area contributed by atoms with Gasteiger partial charge in [0, 0.05) is 6.20 Å². The molecule has 4 heteroatoms. The lowest BCUT2D eigenvalue weighted by molar-refractivity contribution is 0.368. The van der Waals surface area contributed by atoms with Crippen LogP contribution in [0.1, 0.15) is 20.8 Å². The van der Waals surface area contributed by atoms with E-state index in [4.69, 9.17) is 4.74 Å². The molecule has 80 valence electrons. The summed E-state index contributed by atoms with van der Waals surface area (Å²) in [6, 6.07) is 1.95. The van der Waals surface area contributed by atoms with Gasteiger partial charge in [0.2, 0.25) is 5.88 Å². The predicted molar refractivity (Wildman–Crippen MR) is 59.1 cm³/mol. The highest BCUT2D eigenvalue weighted by molar-refractivity contribution is 5.83. The molecule has 0 radical (unpaired) electrons. The third-order valence-electron chi connectivity index (χ3n) is 2.29. The molecule has 0 aromatic carbocycles. The zero-order chi connectivity index (χ0) is 11.1. The predicted octanol–water partition coefficient (Wildman–Crippen LogP) is 2.19. The molecule has 0 N–H and O–H groups in total. The normalized spacial score (nSPS) is 12.0. The van der Waals surface area contributed by atoms with E-state index in [9.17, 15) is 0 Å². The average molecular weight is 205 g/mol. The van der Waals surface area contributed by atoms with E-state index in [0.29, 0.717) is 5.88 Å². The number of ether oxygens (including phenoxy) is 1. The Bertz CT molecular complexity index is 482. The average Bonchev–Trinajstić information content (AvgIpc) is 2.59. The Morgan fingerprint density at radius 2 is 2.07 bits per heavy atom. The van der Waals surface area contributed by atoms with E-state index in [1.54, 1.807) is 19.5 Å². The summed E-state index contributed by atoms with van der Waals surface area (Å²) in [4.78, 5) is 4.15. The maximum Gasteiger partial charge on any atom is 0.224 e. The van der Waals surface area contributed by atoms with Gasteiger partial charge in [-0.15, -0.1) is 0 Å². The Balaban J connectivity index is 2.72. The monoisotopic (exact) mass is 205 g/mol. The van der Waals surface area contributed by atoms with Crippen LogP contribution in [0.3, 0.4) is 0 Å². The fraction of sp³-hybridized carbons (Fsp3) is 0.455. The second kappa shape index (κ2) is 3.22. The SMILES string of the molecule is COc1nccc2c1cnn2C(C)(C)C. The first kappa shape index (κ1) is 9.96. The summed E-state index contributed by atoms with van der Waals surface area (Å²) in [7, 11) is 1.62. The van der Waals surface area contributed by atoms with Crippen molar-refractivity contribution in [1.29, 1.82) is 0 Å². The van der Waals surface area contributed by atoms with Crippen LogP contribution < -0.4 is 4.74 Å².